The van der Waals surface area contributed by atoms with Crippen molar-refractivity contribution in [2.75, 3.05) is 12.3 Å². The van der Waals surface area contributed by atoms with Gasteiger partial charge in [0.2, 0.25) is 11.1 Å². The van der Waals surface area contributed by atoms with Crippen LogP contribution < -0.4 is 5.73 Å². The maximum Gasteiger partial charge on any atom is 0.316 e. The van der Waals surface area contributed by atoms with Crippen LogP contribution in [0.4, 0.5) is 0 Å². The first kappa shape index (κ1) is 33.5. The molecule has 1 amide bonds. The van der Waals surface area contributed by atoms with Crippen molar-refractivity contribution in [2.45, 2.75) is 40.5 Å². The van der Waals surface area contributed by atoms with Crippen LogP contribution in [0.2, 0.25) is 0 Å². The molecule has 0 spiro atoms. The summed E-state index contributed by atoms with van der Waals surface area (Å²) in [6, 6.07) is 37.2. The third kappa shape index (κ3) is 6.89. The number of benzene rings is 4. The molecule has 4 aromatic carbocycles. The number of aromatic amines is 1. The van der Waals surface area contributed by atoms with Gasteiger partial charge < -0.3 is 20.1 Å². The first-order valence-electron chi connectivity index (χ1n) is 16.1. The zero-order valence-corrected chi connectivity index (χ0v) is 28.4. The van der Waals surface area contributed by atoms with Crippen molar-refractivity contribution < 1.29 is 23.9 Å². The van der Waals surface area contributed by atoms with Crippen molar-refractivity contribution in [3.05, 3.63) is 144 Å². The Bertz CT molecular complexity index is 1830. The Morgan fingerprint density at radius 3 is 1.82 bits per heavy atom. The summed E-state index contributed by atoms with van der Waals surface area (Å²) in [5.74, 6) is -1.13. The van der Waals surface area contributed by atoms with Gasteiger partial charge in [0.05, 0.1) is 6.42 Å². The lowest BCUT2D eigenvalue weighted by Crippen LogP contribution is -2.73. The molecule has 2 aliphatic rings. The highest BCUT2D eigenvalue weighted by Crippen LogP contribution is 2.50. The Balaban J connectivity index is 1.25. The van der Waals surface area contributed by atoms with Crippen molar-refractivity contribution in [1.29, 1.82) is 0 Å². The lowest BCUT2D eigenvalue weighted by Gasteiger charge is -2.54. The molecule has 4 atom stereocenters. The molecule has 3 unspecified atom stereocenters. The van der Waals surface area contributed by atoms with Crippen LogP contribution in [-0.2, 0) is 23.9 Å². The molecule has 50 heavy (non-hydrogen) atoms. The van der Waals surface area contributed by atoms with Crippen LogP contribution in [-0.4, -0.2) is 72.3 Å². The number of β-lactam (4-membered cyclic amide) rings is 1. The average Bonchev–Trinajstić information content (AvgIpc) is 3.69. The van der Waals surface area contributed by atoms with E-state index in [0.29, 0.717) is 5.16 Å². The zero-order chi connectivity index (χ0) is 34.5. The molecule has 0 aliphatic carbocycles. The maximum absolute atomic E-state index is 14.9. The summed E-state index contributed by atoms with van der Waals surface area (Å²) >= 11 is 2.55. The quantitative estimate of drug-likeness (QED) is 0.103. The molecule has 2 saturated heterocycles. The third-order valence-electron chi connectivity index (χ3n) is 8.98. The molecule has 254 valence electrons. The minimum Gasteiger partial charge on any atom is -0.453 e. The van der Waals surface area contributed by atoms with Gasteiger partial charge in [0.1, 0.15) is 16.8 Å². The first-order chi connectivity index (χ1) is 24.4. The van der Waals surface area contributed by atoms with Crippen LogP contribution in [0.15, 0.2) is 126 Å². The molecular weight excluding hydrogens is 673 g/mol. The number of fused-ring (bicyclic) bond motifs is 1. The van der Waals surface area contributed by atoms with Crippen molar-refractivity contribution in [1.82, 2.24) is 25.5 Å². The van der Waals surface area contributed by atoms with E-state index in [1.807, 2.05) is 121 Å². The van der Waals surface area contributed by atoms with Crippen LogP contribution in [0.5, 0.6) is 0 Å². The fourth-order valence-corrected chi connectivity index (χ4v) is 9.17. The van der Waals surface area contributed by atoms with E-state index >= 15 is 0 Å². The summed E-state index contributed by atoms with van der Waals surface area (Å²) in [5, 5.41) is 13.5. The molecule has 5 aromatic rings. The van der Waals surface area contributed by atoms with Gasteiger partial charge in [-0.15, -0.1) is 16.9 Å². The molecule has 0 radical (unpaired) electrons. The fraction of sp³-hybridized carbons (Fsp3) is 0.243. The second kappa shape index (κ2) is 14.9. The minimum atomic E-state index is -1.38. The summed E-state index contributed by atoms with van der Waals surface area (Å²) in [4.78, 5) is 43.8. The molecular formula is C37H34N6O5S2. The number of carbonyl (C=O) groups is 3. The molecule has 0 bridgehead atoms. The van der Waals surface area contributed by atoms with Crippen LogP contribution in [0.1, 0.15) is 40.9 Å². The summed E-state index contributed by atoms with van der Waals surface area (Å²) < 4.78 is 12.7. The second-order valence-corrected chi connectivity index (χ2v) is 14.5. The smallest absolute Gasteiger partial charge is 0.316 e. The average molecular weight is 707 g/mol. The highest BCUT2D eigenvalue weighted by Gasteiger charge is 2.60. The predicted molar refractivity (Wildman–Crippen MR) is 188 cm³/mol. The summed E-state index contributed by atoms with van der Waals surface area (Å²) in [6.45, 7) is -0.000353. The van der Waals surface area contributed by atoms with Crippen molar-refractivity contribution in [3.8, 4) is 0 Å². The number of rotatable bonds is 12. The van der Waals surface area contributed by atoms with Crippen LogP contribution in [0.25, 0.3) is 0 Å². The Morgan fingerprint density at radius 1 is 0.840 bits per heavy atom. The number of carbonyl (C=O) groups excluding carboxylic acids is 3. The maximum atomic E-state index is 14.9. The Labute approximate surface area is 297 Å². The van der Waals surface area contributed by atoms with Gasteiger partial charge in [0.25, 0.3) is 0 Å². The second-order valence-electron chi connectivity index (χ2n) is 12.2. The molecule has 11 nitrogen and oxygen atoms in total. The number of ether oxygens (including phenoxy) is 2. The highest BCUT2D eigenvalue weighted by atomic mass is 32.2. The summed E-state index contributed by atoms with van der Waals surface area (Å²) in [6.07, 6.45) is -1.65. The number of thioether (sulfide) groups is 2. The third-order valence-corrected chi connectivity index (χ3v) is 11.9. The highest BCUT2D eigenvalue weighted by molar-refractivity contribution is 8.01. The van der Waals surface area contributed by atoms with E-state index in [2.05, 4.69) is 20.6 Å². The lowest BCUT2D eigenvalue weighted by molar-refractivity contribution is -0.165. The Hall–Kier alpha value is -4.98. The van der Waals surface area contributed by atoms with Gasteiger partial charge in [-0.25, -0.2) is 5.10 Å². The van der Waals surface area contributed by atoms with Gasteiger partial charge >= 0.3 is 11.9 Å². The Kier molecular flexibility index (Phi) is 9.97. The number of nitrogens with one attached hydrogen (secondary N) is 1. The number of esters is 2. The van der Waals surface area contributed by atoms with Crippen molar-refractivity contribution in [2.24, 2.45) is 11.1 Å². The van der Waals surface area contributed by atoms with Gasteiger partial charge in [-0.05, 0) is 32.7 Å². The molecule has 3 N–H and O–H groups in total. The van der Waals surface area contributed by atoms with E-state index in [-0.39, 0.29) is 30.0 Å². The fourth-order valence-electron chi connectivity index (χ4n) is 6.35. The van der Waals surface area contributed by atoms with Crippen molar-refractivity contribution >= 4 is 41.4 Å². The van der Waals surface area contributed by atoms with Gasteiger partial charge in [0, 0.05) is 17.5 Å². The van der Waals surface area contributed by atoms with Crippen LogP contribution in [0, 0.1) is 5.41 Å². The van der Waals surface area contributed by atoms with E-state index in [1.54, 1.807) is 4.90 Å². The number of nitrogens with two attached hydrogens (primary N) is 1. The monoisotopic (exact) mass is 706 g/mol. The molecule has 7 rings (SSSR count). The van der Waals surface area contributed by atoms with Gasteiger partial charge in [-0.3, -0.25) is 14.4 Å². The summed E-state index contributed by atoms with van der Waals surface area (Å²) in [7, 11) is 0. The van der Waals surface area contributed by atoms with Gasteiger partial charge in [-0.1, -0.05) is 133 Å². The number of hydrogen-bond donors (Lipinski definition) is 2. The van der Waals surface area contributed by atoms with Crippen LogP contribution in [0.3, 0.4) is 0 Å². The summed E-state index contributed by atoms with van der Waals surface area (Å²) in [5.41, 5.74) is 7.94. The SMILES string of the molecule is NC1C(=O)N2CC(C(=O)OC(c3ccccc3)c3ccccc3)(C(CC(=O)OC(c3ccccc3)c3ccccc3)Sc3nnn[nH]3)CS[C@H]12. The standard InChI is InChI=1S/C37H34N6O5S2/c38-30-33(45)43-22-37(23-49-34(30)43,35(46)48-32(26-17-9-3-10-18-26)27-19-11-4-12-20-27)28(50-36-39-41-42-40-36)21-29(44)47-31(24-13-5-1-6-14-24)25-15-7-2-8-16-25/h1-20,28,30-32,34H,21-23,38H2,(H,39,40,41,42)/t28?,30?,34-,37?/m1/s1. The van der Waals surface area contributed by atoms with Gasteiger partial charge in [0.15, 0.2) is 12.2 Å². The zero-order valence-electron chi connectivity index (χ0n) is 26.8. The minimum absolute atomic E-state index is 0.000353. The molecule has 3 heterocycles. The number of H-pyrrole nitrogens is 1. The van der Waals surface area contributed by atoms with E-state index < -0.39 is 40.9 Å². The molecule has 1 aromatic heterocycles. The number of nitrogens with zero attached hydrogens (tertiary/aromatic N) is 4. The van der Waals surface area contributed by atoms with Crippen molar-refractivity contribution in [3.63, 3.8) is 0 Å². The van der Waals surface area contributed by atoms with E-state index in [0.717, 1.165) is 34.0 Å². The molecule has 2 aliphatic heterocycles. The van der Waals surface area contributed by atoms with E-state index in [9.17, 15) is 14.4 Å². The molecule has 0 saturated carbocycles. The number of hydrogen-bond acceptors (Lipinski definition) is 11. The largest absolute Gasteiger partial charge is 0.453 e. The Morgan fingerprint density at radius 2 is 1.34 bits per heavy atom. The first-order valence-corrected chi connectivity index (χ1v) is 18.0. The number of aromatic nitrogens is 4. The molecule has 2 fully saturated rings. The van der Waals surface area contributed by atoms with E-state index in [4.69, 9.17) is 15.2 Å². The van der Waals surface area contributed by atoms with Gasteiger partial charge in [-0.2, -0.15) is 0 Å². The topological polar surface area (TPSA) is 153 Å². The normalized spacial score (nSPS) is 20.5. The van der Waals surface area contributed by atoms with E-state index in [1.165, 1.54) is 11.8 Å². The number of amides is 1. The number of tetrazole rings is 1. The lowest BCUT2D eigenvalue weighted by atomic mass is 9.81. The van der Waals surface area contributed by atoms with Crippen LogP contribution >= 0.6 is 23.5 Å². The predicted octanol–water partition coefficient (Wildman–Crippen LogP) is 4.94. The molecule has 13 heteroatoms.